The van der Waals surface area contributed by atoms with Crippen molar-refractivity contribution in [2.75, 3.05) is 12.4 Å². The molecule has 24 heavy (non-hydrogen) atoms. The van der Waals surface area contributed by atoms with Crippen LogP contribution in [0.15, 0.2) is 48.5 Å². The number of nitrogens with two attached hydrogens (primary N) is 1. The summed E-state index contributed by atoms with van der Waals surface area (Å²) in [5.74, 6) is -0.642. The monoisotopic (exact) mass is 345 g/mol. The molecule has 2 aromatic carbocycles. The molecule has 0 unspecified atom stereocenters. The smallest absolute Gasteiger partial charge is 0.248 e. The van der Waals surface area contributed by atoms with Gasteiger partial charge in [0.05, 0.1) is 6.04 Å². The maximum atomic E-state index is 12.4. The second-order valence-electron chi connectivity index (χ2n) is 5.61. The van der Waals surface area contributed by atoms with E-state index in [4.69, 9.17) is 17.3 Å². The van der Waals surface area contributed by atoms with E-state index in [2.05, 4.69) is 5.32 Å². The minimum atomic E-state index is -0.499. The summed E-state index contributed by atoms with van der Waals surface area (Å²) in [4.78, 5) is 25.3. The number of likely N-dealkylation sites (N-methyl/N-ethyl adjacent to an activating group) is 1. The average molecular weight is 346 g/mol. The Kier molecular flexibility index (Phi) is 5.95. The van der Waals surface area contributed by atoms with Crippen LogP contribution in [0.1, 0.15) is 22.8 Å². The molecular weight excluding hydrogens is 326 g/mol. The van der Waals surface area contributed by atoms with E-state index in [0.717, 1.165) is 5.56 Å². The summed E-state index contributed by atoms with van der Waals surface area (Å²) >= 11 is 6.16. The van der Waals surface area contributed by atoms with Crippen molar-refractivity contribution in [2.45, 2.75) is 19.5 Å². The highest BCUT2D eigenvalue weighted by atomic mass is 35.5. The summed E-state index contributed by atoms with van der Waals surface area (Å²) in [5.41, 5.74) is 7.17. The van der Waals surface area contributed by atoms with Crippen molar-refractivity contribution in [3.8, 4) is 0 Å². The maximum Gasteiger partial charge on any atom is 0.248 e. The molecule has 1 atom stereocenters. The van der Waals surface area contributed by atoms with Gasteiger partial charge in [-0.25, -0.2) is 0 Å². The van der Waals surface area contributed by atoms with Gasteiger partial charge in [-0.15, -0.1) is 0 Å². The van der Waals surface area contributed by atoms with Crippen LogP contribution in [-0.2, 0) is 11.3 Å². The number of halogens is 1. The Morgan fingerprint density at radius 2 is 1.79 bits per heavy atom. The molecule has 0 aliphatic carbocycles. The predicted octanol–water partition coefficient (Wildman–Crippen LogP) is 2.90. The summed E-state index contributed by atoms with van der Waals surface area (Å²) in [5, 5.41) is 3.50. The minimum Gasteiger partial charge on any atom is -0.366 e. The number of carbonyl (C=O) groups is 2. The summed E-state index contributed by atoms with van der Waals surface area (Å²) in [6.07, 6.45) is 0. The fraction of sp³-hybridized carbons (Fsp3) is 0.222. The average Bonchev–Trinajstić information content (AvgIpc) is 2.56. The Morgan fingerprint density at radius 1 is 1.17 bits per heavy atom. The third-order valence-corrected chi connectivity index (χ3v) is 4.22. The lowest BCUT2D eigenvalue weighted by atomic mass is 10.1. The molecule has 0 radical (unpaired) electrons. The van der Waals surface area contributed by atoms with Gasteiger partial charge in [0, 0.05) is 22.8 Å². The molecule has 126 valence electrons. The van der Waals surface area contributed by atoms with E-state index < -0.39 is 5.91 Å². The molecule has 2 rings (SSSR count). The van der Waals surface area contributed by atoms with E-state index in [9.17, 15) is 9.59 Å². The highest BCUT2D eigenvalue weighted by molar-refractivity contribution is 6.31. The Hall–Kier alpha value is -2.37. The molecule has 0 aliphatic rings. The SMILES string of the molecule is C[C@H](C(=O)Nc1ccc(C(N)=O)cc1)N(C)Cc1ccccc1Cl. The van der Waals surface area contributed by atoms with Gasteiger partial charge < -0.3 is 11.1 Å². The van der Waals surface area contributed by atoms with E-state index in [1.165, 1.54) is 0 Å². The molecule has 0 saturated heterocycles. The minimum absolute atomic E-state index is 0.142. The fourth-order valence-electron chi connectivity index (χ4n) is 2.20. The first-order chi connectivity index (χ1) is 11.4. The first-order valence-electron chi connectivity index (χ1n) is 7.53. The maximum absolute atomic E-state index is 12.4. The molecule has 0 saturated carbocycles. The molecule has 0 bridgehead atoms. The molecule has 0 aromatic heterocycles. The van der Waals surface area contributed by atoms with E-state index in [1.807, 2.05) is 43.1 Å². The number of hydrogen-bond donors (Lipinski definition) is 2. The van der Waals surface area contributed by atoms with Crippen LogP contribution < -0.4 is 11.1 Å². The largest absolute Gasteiger partial charge is 0.366 e. The third kappa shape index (κ3) is 4.57. The Balaban J connectivity index is 1.98. The molecule has 0 spiro atoms. The van der Waals surface area contributed by atoms with Crippen LogP contribution >= 0.6 is 11.6 Å². The third-order valence-electron chi connectivity index (χ3n) is 3.86. The van der Waals surface area contributed by atoms with Gasteiger partial charge in [0.25, 0.3) is 0 Å². The number of nitrogens with one attached hydrogen (secondary N) is 1. The van der Waals surface area contributed by atoms with Crippen molar-refractivity contribution < 1.29 is 9.59 Å². The fourth-order valence-corrected chi connectivity index (χ4v) is 2.39. The highest BCUT2D eigenvalue weighted by Crippen LogP contribution is 2.18. The van der Waals surface area contributed by atoms with Gasteiger partial charge in [-0.05, 0) is 49.9 Å². The molecule has 0 fully saturated rings. The zero-order valence-electron chi connectivity index (χ0n) is 13.6. The normalized spacial score (nSPS) is 12.0. The van der Waals surface area contributed by atoms with Crippen LogP contribution in [0.5, 0.6) is 0 Å². The molecule has 0 heterocycles. The topological polar surface area (TPSA) is 75.4 Å². The van der Waals surface area contributed by atoms with Gasteiger partial charge in [-0.2, -0.15) is 0 Å². The molecule has 2 amide bonds. The second-order valence-corrected chi connectivity index (χ2v) is 6.02. The van der Waals surface area contributed by atoms with E-state index in [1.54, 1.807) is 24.3 Å². The zero-order valence-corrected chi connectivity index (χ0v) is 14.4. The van der Waals surface area contributed by atoms with Crippen molar-refractivity contribution in [2.24, 2.45) is 5.73 Å². The Bertz CT molecular complexity index is 731. The van der Waals surface area contributed by atoms with Crippen LogP contribution in [0.2, 0.25) is 5.02 Å². The van der Waals surface area contributed by atoms with Crippen LogP contribution in [0.25, 0.3) is 0 Å². The number of amides is 2. The van der Waals surface area contributed by atoms with E-state index in [0.29, 0.717) is 22.8 Å². The number of hydrogen-bond acceptors (Lipinski definition) is 3. The summed E-state index contributed by atoms with van der Waals surface area (Å²) in [7, 11) is 1.86. The number of benzene rings is 2. The number of anilines is 1. The summed E-state index contributed by atoms with van der Waals surface area (Å²) in [6, 6.07) is 13.7. The Morgan fingerprint density at radius 3 is 2.38 bits per heavy atom. The Labute approximate surface area is 146 Å². The van der Waals surface area contributed by atoms with Crippen LogP contribution in [0.3, 0.4) is 0 Å². The van der Waals surface area contributed by atoms with Crippen molar-refractivity contribution in [1.29, 1.82) is 0 Å². The van der Waals surface area contributed by atoms with Crippen molar-refractivity contribution in [3.05, 3.63) is 64.7 Å². The molecule has 5 nitrogen and oxygen atoms in total. The summed E-state index contributed by atoms with van der Waals surface area (Å²) in [6.45, 7) is 2.39. The van der Waals surface area contributed by atoms with E-state index >= 15 is 0 Å². The van der Waals surface area contributed by atoms with Crippen molar-refractivity contribution >= 4 is 29.1 Å². The number of carbonyl (C=O) groups excluding carboxylic acids is 2. The van der Waals surface area contributed by atoms with Gasteiger partial charge >= 0.3 is 0 Å². The van der Waals surface area contributed by atoms with Crippen LogP contribution in [0.4, 0.5) is 5.69 Å². The van der Waals surface area contributed by atoms with Gasteiger partial charge in [0.15, 0.2) is 0 Å². The predicted molar refractivity (Wildman–Crippen MR) is 96.0 cm³/mol. The van der Waals surface area contributed by atoms with Crippen LogP contribution in [0, 0.1) is 0 Å². The van der Waals surface area contributed by atoms with Crippen molar-refractivity contribution in [3.63, 3.8) is 0 Å². The number of nitrogens with zero attached hydrogens (tertiary/aromatic N) is 1. The first-order valence-corrected chi connectivity index (χ1v) is 7.90. The van der Waals surface area contributed by atoms with Gasteiger partial charge in [0.2, 0.25) is 11.8 Å². The lowest BCUT2D eigenvalue weighted by Gasteiger charge is -2.24. The van der Waals surface area contributed by atoms with Gasteiger partial charge in [-0.3, -0.25) is 14.5 Å². The van der Waals surface area contributed by atoms with Gasteiger partial charge in [-0.1, -0.05) is 29.8 Å². The zero-order chi connectivity index (χ0) is 17.7. The van der Waals surface area contributed by atoms with Gasteiger partial charge in [0.1, 0.15) is 0 Å². The van der Waals surface area contributed by atoms with Crippen molar-refractivity contribution in [1.82, 2.24) is 4.90 Å². The lowest BCUT2D eigenvalue weighted by Crippen LogP contribution is -2.39. The lowest BCUT2D eigenvalue weighted by molar-refractivity contribution is -0.120. The number of primary amides is 1. The number of rotatable bonds is 6. The molecule has 0 aliphatic heterocycles. The summed E-state index contributed by atoms with van der Waals surface area (Å²) < 4.78 is 0. The first kappa shape index (κ1) is 18.0. The van der Waals surface area contributed by atoms with E-state index in [-0.39, 0.29) is 11.9 Å². The molecule has 6 heteroatoms. The van der Waals surface area contributed by atoms with Crippen LogP contribution in [-0.4, -0.2) is 29.8 Å². The molecule has 2 aromatic rings. The second kappa shape index (κ2) is 7.95. The standard InChI is InChI=1S/C18H20ClN3O2/c1-12(22(2)11-14-5-3-4-6-16(14)19)18(24)21-15-9-7-13(8-10-15)17(20)23/h3-10,12H,11H2,1-2H3,(H2,20,23)(H,21,24)/t12-/m1/s1. The highest BCUT2D eigenvalue weighted by Gasteiger charge is 2.19. The quantitative estimate of drug-likeness (QED) is 0.845. The molecular formula is C18H20ClN3O2. The molecule has 3 N–H and O–H groups in total.